The summed E-state index contributed by atoms with van der Waals surface area (Å²) in [5.41, 5.74) is 2.56. The van der Waals surface area contributed by atoms with Gasteiger partial charge in [0.1, 0.15) is 0 Å². The first kappa shape index (κ1) is 25.4. The third-order valence-electron chi connectivity index (χ3n) is 6.55. The molecule has 3 N–H and O–H groups in total. The molecule has 2 fully saturated rings. The van der Waals surface area contributed by atoms with Crippen molar-refractivity contribution in [2.75, 3.05) is 12.3 Å². The Morgan fingerprint density at radius 2 is 1.97 bits per heavy atom. The van der Waals surface area contributed by atoms with Crippen LogP contribution < -0.4 is 15.6 Å². The number of aromatic nitrogens is 2. The third-order valence-corrected chi connectivity index (χ3v) is 8.11. The van der Waals surface area contributed by atoms with E-state index in [0.717, 1.165) is 19.3 Å². The van der Waals surface area contributed by atoms with Crippen molar-refractivity contribution in [2.24, 2.45) is 13.0 Å². The van der Waals surface area contributed by atoms with Gasteiger partial charge in [-0.15, -0.1) is 4.83 Å². The maximum absolute atomic E-state index is 14.6. The minimum Gasteiger partial charge on any atom is -0.340 e. The fraction of sp³-hybridized carbons (Fsp3) is 0.500. The number of amides is 3. The molecule has 2 aliphatic rings. The molecule has 2 bridgehead atoms. The first-order valence-corrected chi connectivity index (χ1v) is 13.5. The first-order valence-electron chi connectivity index (χ1n) is 11.4. The van der Waals surface area contributed by atoms with E-state index in [1.54, 1.807) is 29.0 Å². The van der Waals surface area contributed by atoms with Gasteiger partial charge in [0.05, 0.1) is 28.4 Å². The van der Waals surface area contributed by atoms with Crippen LogP contribution in [0, 0.1) is 11.7 Å². The smallest absolute Gasteiger partial charge is 0.317 e. The summed E-state index contributed by atoms with van der Waals surface area (Å²) in [6.07, 6.45) is 6.19. The SMILES string of the molecule is CCNC(=O)N1[C@H]2CC[C@H](CS(=O)(=O)NNC(=O)c3cc(-c4cn(C)cn4)cc(Cl)c3F)[C@@H]1CC2. The molecule has 3 heterocycles. The van der Waals surface area contributed by atoms with E-state index in [0.29, 0.717) is 24.2 Å². The van der Waals surface area contributed by atoms with Gasteiger partial charge in [0.25, 0.3) is 5.91 Å². The molecule has 3 amide bonds. The van der Waals surface area contributed by atoms with Crippen molar-refractivity contribution in [1.29, 1.82) is 0 Å². The molecule has 0 spiro atoms. The number of halogens is 2. The third kappa shape index (κ3) is 5.44. The van der Waals surface area contributed by atoms with Crippen molar-refractivity contribution in [3.8, 4) is 11.3 Å². The minimum atomic E-state index is -3.96. The summed E-state index contributed by atoms with van der Waals surface area (Å²) in [6, 6.07) is 2.37. The highest BCUT2D eigenvalue weighted by Crippen LogP contribution is 2.39. The van der Waals surface area contributed by atoms with Crippen molar-refractivity contribution < 1.29 is 22.4 Å². The molecule has 13 heteroatoms. The molecule has 0 saturated carbocycles. The van der Waals surface area contributed by atoms with Gasteiger partial charge < -0.3 is 14.8 Å². The van der Waals surface area contributed by atoms with Crippen LogP contribution in [0.1, 0.15) is 43.0 Å². The second-order valence-corrected chi connectivity index (χ2v) is 11.1. The molecule has 2 aromatic rings. The highest BCUT2D eigenvalue weighted by Gasteiger charge is 2.45. The van der Waals surface area contributed by atoms with Crippen LogP contribution in [0.4, 0.5) is 9.18 Å². The number of aryl methyl sites for hydroxylation is 1. The first-order chi connectivity index (χ1) is 16.6. The summed E-state index contributed by atoms with van der Waals surface area (Å²) in [7, 11) is -2.20. The second kappa shape index (κ2) is 10.1. The number of rotatable bonds is 7. The number of nitrogens with zero attached hydrogens (tertiary/aromatic N) is 3. The number of sulfonamides is 1. The molecule has 190 valence electrons. The fourth-order valence-electron chi connectivity index (χ4n) is 4.99. The molecule has 2 saturated heterocycles. The van der Waals surface area contributed by atoms with Crippen molar-refractivity contribution in [3.05, 3.63) is 41.1 Å². The maximum Gasteiger partial charge on any atom is 0.317 e. The molecule has 2 aliphatic heterocycles. The van der Waals surface area contributed by atoms with Gasteiger partial charge in [-0.05, 0) is 50.7 Å². The van der Waals surface area contributed by atoms with E-state index >= 15 is 0 Å². The van der Waals surface area contributed by atoms with Crippen LogP contribution in [0.3, 0.4) is 0 Å². The number of carbonyl (C=O) groups excluding carboxylic acids is 2. The van der Waals surface area contributed by atoms with E-state index < -0.39 is 27.3 Å². The number of hydrazine groups is 1. The summed E-state index contributed by atoms with van der Waals surface area (Å²) in [5.74, 6) is -2.49. The van der Waals surface area contributed by atoms with Gasteiger partial charge in [-0.1, -0.05) is 11.6 Å². The Bertz CT molecular complexity index is 1240. The monoisotopic (exact) mass is 526 g/mol. The van der Waals surface area contributed by atoms with E-state index in [-0.39, 0.29) is 34.8 Å². The highest BCUT2D eigenvalue weighted by molar-refractivity contribution is 7.89. The number of hydrogen-bond acceptors (Lipinski definition) is 5. The molecular formula is C22H28ClFN6O4S. The number of urea groups is 1. The van der Waals surface area contributed by atoms with Crippen molar-refractivity contribution in [3.63, 3.8) is 0 Å². The van der Waals surface area contributed by atoms with Gasteiger partial charge in [-0.3, -0.25) is 10.2 Å². The number of hydrogen-bond donors (Lipinski definition) is 3. The summed E-state index contributed by atoms with van der Waals surface area (Å²) in [4.78, 5) is 33.1. The molecule has 0 aliphatic carbocycles. The van der Waals surface area contributed by atoms with Gasteiger partial charge in [0.2, 0.25) is 10.0 Å². The zero-order valence-electron chi connectivity index (χ0n) is 19.4. The Morgan fingerprint density at radius 1 is 1.23 bits per heavy atom. The van der Waals surface area contributed by atoms with Crippen LogP contribution in [-0.2, 0) is 17.1 Å². The molecule has 1 aromatic carbocycles. The van der Waals surface area contributed by atoms with E-state index in [1.807, 2.05) is 6.92 Å². The number of benzene rings is 1. The lowest BCUT2D eigenvalue weighted by Gasteiger charge is -2.39. The van der Waals surface area contributed by atoms with Gasteiger partial charge in [0, 0.05) is 37.4 Å². The average Bonchev–Trinajstić information content (AvgIpc) is 3.38. The van der Waals surface area contributed by atoms with E-state index in [2.05, 4.69) is 20.6 Å². The molecule has 1 aromatic heterocycles. The number of fused-ring (bicyclic) bond motifs is 2. The largest absolute Gasteiger partial charge is 0.340 e. The Kier molecular flexibility index (Phi) is 7.34. The van der Waals surface area contributed by atoms with Crippen molar-refractivity contribution in [1.82, 2.24) is 30.0 Å². The number of imidazole rings is 1. The normalized spacial score (nSPS) is 21.7. The van der Waals surface area contributed by atoms with Crippen LogP contribution in [-0.4, -0.2) is 59.2 Å². The molecule has 35 heavy (non-hydrogen) atoms. The zero-order valence-corrected chi connectivity index (χ0v) is 21.0. The van der Waals surface area contributed by atoms with Crippen molar-refractivity contribution in [2.45, 2.75) is 44.7 Å². The summed E-state index contributed by atoms with van der Waals surface area (Å²) >= 11 is 5.97. The molecule has 10 nitrogen and oxygen atoms in total. The number of piperidine rings is 1. The van der Waals surface area contributed by atoms with Gasteiger partial charge >= 0.3 is 6.03 Å². The average molecular weight is 527 g/mol. The van der Waals surface area contributed by atoms with E-state index in [1.165, 1.54) is 12.1 Å². The van der Waals surface area contributed by atoms with Crippen LogP contribution in [0.15, 0.2) is 24.7 Å². The van der Waals surface area contributed by atoms with Gasteiger partial charge in [-0.25, -0.2) is 22.6 Å². The lowest BCUT2D eigenvalue weighted by molar-refractivity contribution is 0.0941. The number of carbonyl (C=O) groups is 2. The van der Waals surface area contributed by atoms with Crippen LogP contribution in [0.2, 0.25) is 5.02 Å². The summed E-state index contributed by atoms with van der Waals surface area (Å²) in [5, 5.41) is 2.51. The fourth-order valence-corrected chi connectivity index (χ4v) is 6.49. The molecule has 0 unspecified atom stereocenters. The number of nitrogens with one attached hydrogen (secondary N) is 3. The zero-order chi connectivity index (χ0) is 25.3. The quantitative estimate of drug-likeness (QED) is 0.478. The lowest BCUT2D eigenvalue weighted by Crippen LogP contribution is -2.54. The summed E-state index contributed by atoms with van der Waals surface area (Å²) in [6.45, 7) is 2.33. The minimum absolute atomic E-state index is 0.122. The Labute approximate surface area is 208 Å². The summed E-state index contributed by atoms with van der Waals surface area (Å²) < 4.78 is 41.8. The predicted molar refractivity (Wildman–Crippen MR) is 128 cm³/mol. The standard InChI is InChI=1S/C22H28ClFN6O4S/c1-3-25-22(32)30-15-5-4-13(19(30)7-6-15)11-35(33,34)28-27-21(31)16-8-14(9-17(23)20(16)24)18-10-29(2)12-26-18/h8-10,12-13,15,19,28H,3-7,11H2,1-2H3,(H,25,32)(H,27,31)/t13-,15+,19+/m1/s1. The van der Waals surface area contributed by atoms with Crippen LogP contribution in [0.25, 0.3) is 11.3 Å². The van der Waals surface area contributed by atoms with E-state index in [4.69, 9.17) is 11.6 Å². The second-order valence-electron chi connectivity index (χ2n) is 8.96. The Hall–Kier alpha value is -2.70. The molecule has 4 rings (SSSR count). The molecule has 3 atom stereocenters. The van der Waals surface area contributed by atoms with Crippen molar-refractivity contribution >= 4 is 33.6 Å². The van der Waals surface area contributed by atoms with Gasteiger partial charge in [-0.2, -0.15) is 0 Å². The predicted octanol–water partition coefficient (Wildman–Crippen LogP) is 2.42. The van der Waals surface area contributed by atoms with Crippen LogP contribution >= 0.6 is 11.6 Å². The molecular weight excluding hydrogens is 499 g/mol. The maximum atomic E-state index is 14.6. The Morgan fingerprint density at radius 3 is 2.66 bits per heavy atom. The lowest BCUT2D eigenvalue weighted by atomic mass is 9.92. The van der Waals surface area contributed by atoms with Crippen LogP contribution in [0.5, 0.6) is 0 Å². The Balaban J connectivity index is 1.43. The topological polar surface area (TPSA) is 125 Å². The van der Waals surface area contributed by atoms with Gasteiger partial charge in [0.15, 0.2) is 5.82 Å². The highest BCUT2D eigenvalue weighted by atomic mass is 35.5. The van der Waals surface area contributed by atoms with E-state index in [9.17, 15) is 22.4 Å². The molecule has 0 radical (unpaired) electrons.